The molecule has 1 heterocycles. The Hall–Kier alpha value is -2.29. The topological polar surface area (TPSA) is 75.7 Å². The fraction of sp³-hybridized carbons (Fsp3) is 0.381. The molecule has 0 aromatic heterocycles. The van der Waals surface area contributed by atoms with E-state index in [0.717, 1.165) is 22.7 Å². The van der Waals surface area contributed by atoms with Crippen LogP contribution in [0.5, 0.6) is 0 Å². The molecule has 2 aromatic rings. The van der Waals surface area contributed by atoms with Crippen molar-refractivity contribution in [1.82, 2.24) is 9.62 Å². The monoisotopic (exact) mass is 420 g/mol. The maximum atomic E-state index is 14.1. The Morgan fingerprint density at radius 1 is 1.21 bits per heavy atom. The van der Waals surface area contributed by atoms with Crippen molar-refractivity contribution in [2.24, 2.45) is 0 Å². The minimum atomic E-state index is -3.99. The first kappa shape index (κ1) is 21.4. The molecule has 1 aliphatic heterocycles. The number of hydrogen-bond donors (Lipinski definition) is 1. The molecule has 0 radical (unpaired) electrons. The molecule has 156 valence electrons. The second-order valence-corrected chi connectivity index (χ2v) is 9.05. The molecule has 1 atom stereocenters. The van der Waals surface area contributed by atoms with Crippen molar-refractivity contribution in [2.75, 3.05) is 19.7 Å². The van der Waals surface area contributed by atoms with Crippen molar-refractivity contribution in [3.05, 3.63) is 65.5 Å². The number of carbonyl (C=O) groups is 1. The van der Waals surface area contributed by atoms with Gasteiger partial charge in [0, 0.05) is 25.3 Å². The second-order valence-electron chi connectivity index (χ2n) is 7.12. The third-order valence-corrected chi connectivity index (χ3v) is 6.64. The number of nitrogens with one attached hydrogen (secondary N) is 1. The van der Waals surface area contributed by atoms with Gasteiger partial charge in [-0.1, -0.05) is 35.9 Å². The van der Waals surface area contributed by atoms with Gasteiger partial charge < -0.3 is 10.1 Å². The molecule has 1 fully saturated rings. The Morgan fingerprint density at radius 2 is 1.93 bits per heavy atom. The third-order valence-electron chi connectivity index (χ3n) is 4.83. The zero-order valence-corrected chi connectivity index (χ0v) is 17.1. The predicted molar refractivity (Wildman–Crippen MR) is 107 cm³/mol. The van der Waals surface area contributed by atoms with Gasteiger partial charge in [0.15, 0.2) is 0 Å². The van der Waals surface area contributed by atoms with Crippen LogP contribution in [0.4, 0.5) is 4.39 Å². The fourth-order valence-corrected chi connectivity index (χ4v) is 4.53. The summed E-state index contributed by atoms with van der Waals surface area (Å²) < 4.78 is 46.9. The molecular formula is C21H25FN2O4S. The average molecular weight is 421 g/mol. The Morgan fingerprint density at radius 3 is 2.59 bits per heavy atom. The van der Waals surface area contributed by atoms with Gasteiger partial charge in [-0.05, 0) is 38.0 Å². The number of carbonyl (C=O) groups excluding carboxylic acids is 1. The molecule has 6 nitrogen and oxygen atoms in total. The Bertz CT molecular complexity index is 941. The largest absolute Gasteiger partial charge is 0.376 e. The van der Waals surface area contributed by atoms with E-state index in [-0.39, 0.29) is 23.1 Å². The second kappa shape index (κ2) is 9.47. The summed E-state index contributed by atoms with van der Waals surface area (Å²) >= 11 is 0. The molecule has 2 aromatic carbocycles. The van der Waals surface area contributed by atoms with E-state index in [1.807, 2.05) is 6.92 Å². The zero-order chi connectivity index (χ0) is 20.9. The molecule has 1 saturated heterocycles. The molecule has 3 rings (SSSR count). The molecule has 0 saturated carbocycles. The summed E-state index contributed by atoms with van der Waals surface area (Å²) in [6, 6.07) is 12.3. The Kier molecular flexibility index (Phi) is 7.00. The molecule has 1 N–H and O–H groups in total. The minimum Gasteiger partial charge on any atom is -0.376 e. The van der Waals surface area contributed by atoms with Crippen molar-refractivity contribution in [3.63, 3.8) is 0 Å². The van der Waals surface area contributed by atoms with Crippen LogP contribution < -0.4 is 5.32 Å². The number of rotatable bonds is 8. The summed E-state index contributed by atoms with van der Waals surface area (Å²) in [5.74, 6) is -0.969. The van der Waals surface area contributed by atoms with Crippen molar-refractivity contribution in [3.8, 4) is 0 Å². The van der Waals surface area contributed by atoms with E-state index in [4.69, 9.17) is 4.74 Å². The summed E-state index contributed by atoms with van der Waals surface area (Å²) in [5.41, 5.74) is 1.12. The molecule has 1 amide bonds. The summed E-state index contributed by atoms with van der Waals surface area (Å²) in [5, 5.41) is 2.72. The molecule has 0 spiro atoms. The first-order valence-electron chi connectivity index (χ1n) is 9.55. The highest BCUT2D eigenvalue weighted by atomic mass is 32.2. The van der Waals surface area contributed by atoms with Crippen LogP contribution in [-0.2, 0) is 26.1 Å². The number of amides is 1. The van der Waals surface area contributed by atoms with Gasteiger partial charge >= 0.3 is 0 Å². The van der Waals surface area contributed by atoms with Crippen LogP contribution in [0.1, 0.15) is 24.0 Å². The quantitative estimate of drug-likeness (QED) is 0.712. The van der Waals surface area contributed by atoms with Crippen molar-refractivity contribution in [2.45, 2.75) is 37.3 Å². The molecule has 1 unspecified atom stereocenters. The van der Waals surface area contributed by atoms with Gasteiger partial charge in [0.2, 0.25) is 15.9 Å². The Labute approximate surface area is 170 Å². The van der Waals surface area contributed by atoms with Crippen molar-refractivity contribution < 1.29 is 22.3 Å². The summed E-state index contributed by atoms with van der Waals surface area (Å²) in [4.78, 5) is 12.5. The van der Waals surface area contributed by atoms with Crippen LogP contribution in [0.25, 0.3) is 0 Å². The van der Waals surface area contributed by atoms with Crippen molar-refractivity contribution >= 4 is 15.9 Å². The number of ether oxygens (including phenoxy) is 1. The van der Waals surface area contributed by atoms with Crippen LogP contribution in [0.15, 0.2) is 53.4 Å². The van der Waals surface area contributed by atoms with Gasteiger partial charge in [0.05, 0.1) is 17.5 Å². The standard InChI is InChI=1S/C21H25FN2O4S/c1-16-8-10-19(11-9-16)29(26,27)24(14-17-5-2-3-7-20(17)22)15-21(25)23-13-18-6-4-12-28-18/h2-3,5,7-11,18H,4,6,12-15H2,1H3,(H,23,25). The third kappa shape index (κ3) is 5.62. The SMILES string of the molecule is Cc1ccc(S(=O)(=O)N(CC(=O)NCC2CCCO2)Cc2ccccc2F)cc1. The zero-order valence-electron chi connectivity index (χ0n) is 16.3. The number of aryl methyl sites for hydroxylation is 1. The highest BCUT2D eigenvalue weighted by Crippen LogP contribution is 2.20. The molecule has 1 aliphatic rings. The molecule has 0 aliphatic carbocycles. The van der Waals surface area contributed by atoms with Crippen molar-refractivity contribution in [1.29, 1.82) is 0 Å². The van der Waals surface area contributed by atoms with Crippen LogP contribution in [0.3, 0.4) is 0 Å². The van der Waals surface area contributed by atoms with E-state index in [2.05, 4.69) is 5.32 Å². The minimum absolute atomic E-state index is 0.0485. The lowest BCUT2D eigenvalue weighted by atomic mass is 10.2. The highest BCUT2D eigenvalue weighted by Gasteiger charge is 2.28. The lowest BCUT2D eigenvalue weighted by molar-refractivity contribution is -0.121. The van der Waals surface area contributed by atoms with E-state index in [9.17, 15) is 17.6 Å². The maximum Gasteiger partial charge on any atom is 0.243 e. The Balaban J connectivity index is 1.79. The predicted octanol–water partition coefficient (Wildman–Crippen LogP) is 2.62. The van der Waals surface area contributed by atoms with Crippen LogP contribution in [0.2, 0.25) is 0 Å². The number of nitrogens with zero attached hydrogens (tertiary/aromatic N) is 1. The average Bonchev–Trinajstić information content (AvgIpc) is 3.21. The van der Waals surface area contributed by atoms with Crippen LogP contribution in [0, 0.1) is 12.7 Å². The van der Waals surface area contributed by atoms with Gasteiger partial charge in [0.1, 0.15) is 5.82 Å². The van der Waals surface area contributed by atoms with E-state index in [0.29, 0.717) is 13.2 Å². The highest BCUT2D eigenvalue weighted by molar-refractivity contribution is 7.89. The van der Waals surface area contributed by atoms with E-state index in [1.165, 1.54) is 30.3 Å². The first-order valence-corrected chi connectivity index (χ1v) is 11.0. The van der Waals surface area contributed by atoms with E-state index in [1.54, 1.807) is 18.2 Å². The van der Waals surface area contributed by atoms with Crippen LogP contribution >= 0.6 is 0 Å². The molecule has 8 heteroatoms. The van der Waals surface area contributed by atoms with E-state index < -0.39 is 28.3 Å². The van der Waals surface area contributed by atoms with Gasteiger partial charge in [-0.25, -0.2) is 12.8 Å². The summed E-state index contributed by atoms with van der Waals surface area (Å²) in [7, 11) is -3.99. The first-order chi connectivity index (χ1) is 13.9. The number of sulfonamides is 1. The molecule has 0 bridgehead atoms. The fourth-order valence-electron chi connectivity index (χ4n) is 3.15. The van der Waals surface area contributed by atoms with E-state index >= 15 is 0 Å². The maximum absolute atomic E-state index is 14.1. The van der Waals surface area contributed by atoms with Gasteiger partial charge in [-0.3, -0.25) is 4.79 Å². The number of benzene rings is 2. The normalized spacial score (nSPS) is 16.9. The van der Waals surface area contributed by atoms with Crippen LogP contribution in [-0.4, -0.2) is 44.4 Å². The molecular weight excluding hydrogens is 395 g/mol. The van der Waals surface area contributed by atoms with Gasteiger partial charge in [-0.2, -0.15) is 4.31 Å². The lowest BCUT2D eigenvalue weighted by Gasteiger charge is -2.22. The summed E-state index contributed by atoms with van der Waals surface area (Å²) in [6.07, 6.45) is 1.76. The smallest absolute Gasteiger partial charge is 0.243 e. The van der Waals surface area contributed by atoms with Gasteiger partial charge in [0.25, 0.3) is 0 Å². The number of hydrogen-bond acceptors (Lipinski definition) is 4. The number of halogens is 1. The lowest BCUT2D eigenvalue weighted by Crippen LogP contribution is -2.42. The van der Waals surface area contributed by atoms with Gasteiger partial charge in [-0.15, -0.1) is 0 Å². The summed E-state index contributed by atoms with van der Waals surface area (Å²) in [6.45, 7) is 2.21. The molecule has 29 heavy (non-hydrogen) atoms.